The zero-order chi connectivity index (χ0) is 15.4. The highest BCUT2D eigenvalue weighted by atomic mass is 35.5. The van der Waals surface area contributed by atoms with E-state index in [0.717, 1.165) is 11.3 Å². The van der Waals surface area contributed by atoms with Gasteiger partial charge in [0.2, 0.25) is 0 Å². The van der Waals surface area contributed by atoms with Crippen molar-refractivity contribution < 1.29 is 23.0 Å². The first kappa shape index (κ1) is 15.5. The maximum atomic E-state index is 12.3. The van der Waals surface area contributed by atoms with Gasteiger partial charge in [-0.15, -0.1) is 11.3 Å². The topological polar surface area (TPSA) is 47.6 Å². The molecule has 0 atom stereocenters. The minimum atomic E-state index is -2.99. The molecule has 0 aliphatic carbocycles. The van der Waals surface area contributed by atoms with Crippen LogP contribution in [0, 0.1) is 0 Å². The van der Waals surface area contributed by atoms with Gasteiger partial charge in [0.05, 0.1) is 16.3 Å². The summed E-state index contributed by atoms with van der Waals surface area (Å²) < 4.78 is 34.4. The molecule has 0 unspecified atom stereocenters. The van der Waals surface area contributed by atoms with Crippen molar-refractivity contribution in [2.24, 2.45) is 0 Å². The van der Waals surface area contributed by atoms with Gasteiger partial charge in [-0.25, -0.2) is 0 Å². The number of amides is 1. The van der Waals surface area contributed by atoms with Gasteiger partial charge in [0, 0.05) is 11.8 Å². The zero-order valence-electron chi connectivity index (χ0n) is 10.7. The number of ether oxygens (including phenoxy) is 2. The summed E-state index contributed by atoms with van der Waals surface area (Å²) in [5.74, 6) is -0.401. The molecule has 112 valence electrons. The van der Waals surface area contributed by atoms with E-state index in [1.54, 1.807) is 12.1 Å². The Labute approximate surface area is 128 Å². The van der Waals surface area contributed by atoms with Crippen LogP contribution in [-0.2, 0) is 0 Å². The maximum Gasteiger partial charge on any atom is 0.387 e. The molecule has 0 saturated carbocycles. The summed E-state index contributed by atoms with van der Waals surface area (Å²) in [6, 6.07) is 7.38. The first-order chi connectivity index (χ1) is 9.99. The standard InChI is InChI=1S/C13H10ClF2NO3S/c1-19-8-3-2-7(6-9(8)20-13(15)16)17-12(18)10-4-5-11(14)21-10/h2-6,13H,1H3,(H,17,18). The summed E-state index contributed by atoms with van der Waals surface area (Å²) in [5.41, 5.74) is 0.306. The van der Waals surface area contributed by atoms with Gasteiger partial charge in [0.15, 0.2) is 11.5 Å². The fraction of sp³-hybridized carbons (Fsp3) is 0.154. The number of nitrogens with one attached hydrogen (secondary N) is 1. The molecule has 0 aliphatic rings. The van der Waals surface area contributed by atoms with Crippen LogP contribution in [0.1, 0.15) is 9.67 Å². The molecule has 1 heterocycles. The number of halogens is 3. The lowest BCUT2D eigenvalue weighted by Crippen LogP contribution is -2.11. The minimum absolute atomic E-state index is 0.146. The number of alkyl halides is 2. The molecular formula is C13H10ClF2NO3S. The van der Waals surface area contributed by atoms with E-state index in [2.05, 4.69) is 10.1 Å². The third-order valence-electron chi connectivity index (χ3n) is 2.43. The molecule has 0 saturated heterocycles. The van der Waals surface area contributed by atoms with Crippen molar-refractivity contribution in [2.45, 2.75) is 6.61 Å². The number of methoxy groups -OCH3 is 1. The summed E-state index contributed by atoms with van der Waals surface area (Å²) in [5, 5.41) is 2.57. The molecule has 0 aliphatic heterocycles. The van der Waals surface area contributed by atoms with Gasteiger partial charge in [0.1, 0.15) is 0 Å². The minimum Gasteiger partial charge on any atom is -0.493 e. The van der Waals surface area contributed by atoms with Crippen molar-refractivity contribution in [3.63, 3.8) is 0 Å². The van der Waals surface area contributed by atoms with E-state index < -0.39 is 6.61 Å². The smallest absolute Gasteiger partial charge is 0.387 e. The first-order valence-corrected chi connectivity index (χ1v) is 6.88. The Bertz CT molecular complexity index is 648. The van der Waals surface area contributed by atoms with E-state index in [1.807, 2.05) is 0 Å². The molecule has 2 aromatic rings. The van der Waals surface area contributed by atoms with Crippen molar-refractivity contribution in [1.29, 1.82) is 0 Å². The highest BCUT2D eigenvalue weighted by Gasteiger charge is 2.14. The van der Waals surface area contributed by atoms with Crippen molar-refractivity contribution in [3.05, 3.63) is 39.5 Å². The Hall–Kier alpha value is -1.86. The molecule has 0 fully saturated rings. The van der Waals surface area contributed by atoms with Gasteiger partial charge in [-0.2, -0.15) is 8.78 Å². The van der Waals surface area contributed by atoms with Gasteiger partial charge in [0.25, 0.3) is 5.91 Å². The Kier molecular flexibility index (Phi) is 4.98. The third-order valence-corrected chi connectivity index (χ3v) is 3.66. The summed E-state index contributed by atoms with van der Waals surface area (Å²) >= 11 is 6.86. The Balaban J connectivity index is 2.18. The van der Waals surface area contributed by atoms with Gasteiger partial charge < -0.3 is 14.8 Å². The Morgan fingerprint density at radius 3 is 2.62 bits per heavy atom. The van der Waals surface area contributed by atoms with E-state index in [-0.39, 0.29) is 17.4 Å². The normalized spacial score (nSPS) is 10.5. The highest BCUT2D eigenvalue weighted by molar-refractivity contribution is 7.18. The van der Waals surface area contributed by atoms with Gasteiger partial charge in [-0.3, -0.25) is 4.79 Å². The number of hydrogen-bond donors (Lipinski definition) is 1. The van der Waals surface area contributed by atoms with Crippen LogP contribution in [0.2, 0.25) is 4.34 Å². The van der Waals surface area contributed by atoms with E-state index in [4.69, 9.17) is 16.3 Å². The van der Waals surface area contributed by atoms with Crippen LogP contribution >= 0.6 is 22.9 Å². The monoisotopic (exact) mass is 333 g/mol. The molecule has 8 heteroatoms. The van der Waals surface area contributed by atoms with Gasteiger partial charge in [-0.05, 0) is 24.3 Å². The Morgan fingerprint density at radius 1 is 1.29 bits per heavy atom. The molecule has 0 bridgehead atoms. The fourth-order valence-electron chi connectivity index (χ4n) is 1.57. The molecular weight excluding hydrogens is 324 g/mol. The van der Waals surface area contributed by atoms with Crippen LogP contribution in [0.15, 0.2) is 30.3 Å². The lowest BCUT2D eigenvalue weighted by molar-refractivity contribution is -0.0511. The highest BCUT2D eigenvalue weighted by Crippen LogP contribution is 2.32. The molecule has 0 spiro atoms. The second-order valence-electron chi connectivity index (χ2n) is 3.80. The average Bonchev–Trinajstić information content (AvgIpc) is 2.85. The number of anilines is 1. The number of thiophene rings is 1. The number of carbonyl (C=O) groups excluding carboxylic acids is 1. The molecule has 0 radical (unpaired) electrons. The molecule has 21 heavy (non-hydrogen) atoms. The second kappa shape index (κ2) is 6.73. The van der Waals surface area contributed by atoms with Crippen LogP contribution in [0.4, 0.5) is 14.5 Å². The molecule has 4 nitrogen and oxygen atoms in total. The van der Waals surface area contributed by atoms with Crippen molar-refractivity contribution in [3.8, 4) is 11.5 Å². The van der Waals surface area contributed by atoms with E-state index in [0.29, 0.717) is 14.9 Å². The van der Waals surface area contributed by atoms with E-state index in [1.165, 1.54) is 25.3 Å². The van der Waals surface area contributed by atoms with E-state index >= 15 is 0 Å². The zero-order valence-corrected chi connectivity index (χ0v) is 12.3. The lowest BCUT2D eigenvalue weighted by Gasteiger charge is -2.11. The van der Waals surface area contributed by atoms with Crippen molar-refractivity contribution in [1.82, 2.24) is 0 Å². The number of hydrogen-bond acceptors (Lipinski definition) is 4. The predicted octanol–water partition coefficient (Wildman–Crippen LogP) is 4.26. The average molecular weight is 334 g/mol. The second-order valence-corrected chi connectivity index (χ2v) is 5.52. The molecule has 1 amide bonds. The van der Waals surface area contributed by atoms with Crippen LogP contribution in [-0.4, -0.2) is 19.6 Å². The number of benzene rings is 1. The molecule has 1 aromatic heterocycles. The van der Waals surface area contributed by atoms with Crippen LogP contribution < -0.4 is 14.8 Å². The first-order valence-electron chi connectivity index (χ1n) is 5.69. The van der Waals surface area contributed by atoms with Crippen molar-refractivity contribution >= 4 is 34.5 Å². The van der Waals surface area contributed by atoms with Gasteiger partial charge >= 0.3 is 6.61 Å². The summed E-state index contributed by atoms with van der Waals surface area (Å²) in [7, 11) is 1.33. The number of carbonyl (C=O) groups is 1. The van der Waals surface area contributed by atoms with E-state index in [9.17, 15) is 13.6 Å². The number of rotatable bonds is 5. The van der Waals surface area contributed by atoms with Crippen LogP contribution in [0.25, 0.3) is 0 Å². The van der Waals surface area contributed by atoms with Gasteiger partial charge in [-0.1, -0.05) is 11.6 Å². The molecule has 1 N–H and O–H groups in total. The van der Waals surface area contributed by atoms with Crippen molar-refractivity contribution in [2.75, 3.05) is 12.4 Å². The van der Waals surface area contributed by atoms with Crippen LogP contribution in [0.3, 0.4) is 0 Å². The predicted molar refractivity (Wildman–Crippen MR) is 76.9 cm³/mol. The summed E-state index contributed by atoms with van der Waals surface area (Å²) in [6.45, 7) is -2.99. The summed E-state index contributed by atoms with van der Waals surface area (Å²) in [4.78, 5) is 12.3. The largest absolute Gasteiger partial charge is 0.493 e. The fourth-order valence-corrected chi connectivity index (χ4v) is 2.51. The Morgan fingerprint density at radius 2 is 2.05 bits per heavy atom. The quantitative estimate of drug-likeness (QED) is 0.889. The van der Waals surface area contributed by atoms with Crippen LogP contribution in [0.5, 0.6) is 11.5 Å². The summed E-state index contributed by atoms with van der Waals surface area (Å²) in [6.07, 6.45) is 0. The third kappa shape index (κ3) is 4.05. The molecule has 1 aromatic carbocycles. The SMILES string of the molecule is COc1ccc(NC(=O)c2ccc(Cl)s2)cc1OC(F)F. The lowest BCUT2D eigenvalue weighted by atomic mass is 10.2. The maximum absolute atomic E-state index is 12.3. The molecule has 2 rings (SSSR count).